The summed E-state index contributed by atoms with van der Waals surface area (Å²) in [5, 5.41) is 7.10. The second kappa shape index (κ2) is 19.8. The maximum Gasteiger partial charge on any atom is 3.00 e. The van der Waals surface area contributed by atoms with Crippen LogP contribution < -0.4 is 4.90 Å². The molecule has 1 aliphatic rings. The van der Waals surface area contributed by atoms with Crippen molar-refractivity contribution < 1.29 is 24.5 Å². The van der Waals surface area contributed by atoms with Crippen molar-refractivity contribution in [2.75, 3.05) is 4.90 Å². The van der Waals surface area contributed by atoms with E-state index in [1.54, 1.807) is 18.6 Å². The van der Waals surface area contributed by atoms with Crippen molar-refractivity contribution in [1.82, 2.24) is 19.9 Å². The fourth-order valence-corrected chi connectivity index (χ4v) is 9.58. The Hall–Kier alpha value is -7.25. The largest absolute Gasteiger partial charge is 3.00 e. The number of hydrogen-bond acceptors (Lipinski definition) is 6. The molecule has 7 nitrogen and oxygen atoms in total. The van der Waals surface area contributed by atoms with Gasteiger partial charge in [-0.1, -0.05) is 118 Å². The van der Waals surface area contributed by atoms with Gasteiger partial charge in [-0.05, 0) is 120 Å². The minimum Gasteiger partial charge on any atom is -0.661 e. The second-order valence-electron chi connectivity index (χ2n) is 18.3. The molecule has 0 bridgehead atoms. The Morgan fingerprint density at radius 1 is 0.623 bits per heavy atom. The number of anilines is 2. The van der Waals surface area contributed by atoms with Crippen LogP contribution in [0, 0.1) is 39.8 Å². The molecule has 1 unspecified atom stereocenters. The zero-order chi connectivity index (χ0) is 47.1. The van der Waals surface area contributed by atoms with Gasteiger partial charge in [0.15, 0.2) is 0 Å². The number of furan rings is 1. The molecule has 0 fully saturated rings. The van der Waals surface area contributed by atoms with E-state index in [2.05, 4.69) is 184 Å². The van der Waals surface area contributed by atoms with Gasteiger partial charge in [-0.3, -0.25) is 9.97 Å². The summed E-state index contributed by atoms with van der Waals surface area (Å²) in [5.74, 6) is 0.874. The topological polar surface area (TPSA) is 82.0 Å². The van der Waals surface area contributed by atoms with Gasteiger partial charge in [0.25, 0.3) is 0 Å². The summed E-state index contributed by atoms with van der Waals surface area (Å²) >= 11 is 0. The number of fused-ring (bicyclic) bond motifs is 4. The maximum atomic E-state index is 6.25. The van der Waals surface area contributed by atoms with Crippen molar-refractivity contribution in [3.8, 4) is 44.8 Å². The third kappa shape index (κ3) is 9.11. The van der Waals surface area contributed by atoms with Crippen LogP contribution in [0.2, 0.25) is 0 Å². The molecule has 10 aromatic rings. The molecule has 0 amide bonds. The van der Waals surface area contributed by atoms with Gasteiger partial charge in [-0.2, -0.15) is 35.9 Å². The predicted octanol–water partition coefficient (Wildman–Crippen LogP) is 16.5. The number of aryl methyl sites for hydroxylation is 4. The SMILES string of the molecule is CC(C)c1cccc(C(C)C)c1N1c2ccccc2[N-]C1c1[c-]cccc1.Cc1ccc2c(n1)oc1c(-c3cc(-c4c(C)cc(-c5ccc(-c6cnccn6)cc5)cc4C)c(C)cn3)[c-]ccc12.[Ir+3]. The Kier molecular flexibility index (Phi) is 13.4. The van der Waals surface area contributed by atoms with Crippen molar-refractivity contribution in [3.63, 3.8) is 0 Å². The Morgan fingerprint density at radius 3 is 2.04 bits per heavy atom. The van der Waals surface area contributed by atoms with Crippen molar-refractivity contribution in [2.45, 2.75) is 73.4 Å². The van der Waals surface area contributed by atoms with Crippen LogP contribution >= 0.6 is 0 Å². The Labute approximate surface area is 419 Å². The van der Waals surface area contributed by atoms with Gasteiger partial charge in [0.2, 0.25) is 5.71 Å². The summed E-state index contributed by atoms with van der Waals surface area (Å²) in [4.78, 5) is 20.4. The fraction of sp³-hybridized carbons (Fsp3) is 0.180. The van der Waals surface area contributed by atoms with Crippen molar-refractivity contribution in [1.29, 1.82) is 0 Å². The average molecular weight is 1080 g/mol. The van der Waals surface area contributed by atoms with Crippen LogP contribution in [0.3, 0.4) is 0 Å². The minimum atomic E-state index is -0.0824. The Balaban J connectivity index is 0.000000184. The van der Waals surface area contributed by atoms with Gasteiger partial charge in [-0.25, -0.2) is 4.98 Å². The predicted molar refractivity (Wildman–Crippen MR) is 279 cm³/mol. The molecule has 4 aromatic heterocycles. The minimum absolute atomic E-state index is 0. The third-order valence-corrected chi connectivity index (χ3v) is 12.9. The molecule has 342 valence electrons. The summed E-state index contributed by atoms with van der Waals surface area (Å²) in [6.07, 6.45) is 7.05. The normalized spacial score (nSPS) is 13.0. The van der Waals surface area contributed by atoms with Crippen molar-refractivity contribution in [2.24, 2.45) is 0 Å². The van der Waals surface area contributed by atoms with E-state index in [1.165, 1.54) is 44.8 Å². The molecule has 0 radical (unpaired) electrons. The Morgan fingerprint density at radius 2 is 1.35 bits per heavy atom. The number of nitrogens with zero attached hydrogens (tertiary/aromatic N) is 6. The summed E-state index contributed by atoms with van der Waals surface area (Å²) in [6.45, 7) is 17.5. The molecule has 8 heteroatoms. The summed E-state index contributed by atoms with van der Waals surface area (Å²) < 4.78 is 6.25. The number of para-hydroxylation sites is 3. The van der Waals surface area contributed by atoms with Crippen molar-refractivity contribution >= 4 is 39.1 Å². The number of pyridine rings is 2. The van der Waals surface area contributed by atoms with Gasteiger partial charge in [0, 0.05) is 46.6 Å². The van der Waals surface area contributed by atoms with E-state index in [0.717, 1.165) is 72.5 Å². The summed E-state index contributed by atoms with van der Waals surface area (Å²) in [5.41, 5.74) is 21.6. The van der Waals surface area contributed by atoms with Crippen LogP contribution in [0.25, 0.3) is 72.2 Å². The summed E-state index contributed by atoms with van der Waals surface area (Å²) in [7, 11) is 0. The molecule has 69 heavy (non-hydrogen) atoms. The van der Waals surface area contributed by atoms with E-state index in [9.17, 15) is 0 Å². The molecule has 11 rings (SSSR count). The first kappa shape index (κ1) is 46.8. The molecule has 1 atom stereocenters. The van der Waals surface area contributed by atoms with Gasteiger partial charge >= 0.3 is 20.1 Å². The molecule has 0 N–H and O–H groups in total. The molecule has 0 saturated heterocycles. The third-order valence-electron chi connectivity index (χ3n) is 12.9. The average Bonchev–Trinajstić information content (AvgIpc) is 3.93. The molecule has 0 spiro atoms. The number of aromatic nitrogens is 4. The molecule has 6 aromatic carbocycles. The van der Waals surface area contributed by atoms with Crippen LogP contribution in [-0.2, 0) is 20.1 Å². The van der Waals surface area contributed by atoms with E-state index < -0.39 is 0 Å². The smallest absolute Gasteiger partial charge is 0.661 e. The van der Waals surface area contributed by atoms with Gasteiger partial charge < -0.3 is 19.6 Å². The van der Waals surface area contributed by atoms with Crippen LogP contribution in [0.15, 0.2) is 163 Å². The first-order chi connectivity index (χ1) is 33.0. The van der Waals surface area contributed by atoms with Gasteiger partial charge in [-0.15, -0.1) is 23.9 Å². The molecular formula is C61H53IrN6O. The first-order valence-corrected chi connectivity index (χ1v) is 23.4. The molecule has 1 aliphatic heterocycles. The molecule has 0 saturated carbocycles. The first-order valence-electron chi connectivity index (χ1n) is 23.4. The molecule has 0 aliphatic carbocycles. The van der Waals surface area contributed by atoms with E-state index in [-0.39, 0.29) is 26.3 Å². The van der Waals surface area contributed by atoms with Gasteiger partial charge in [0.1, 0.15) is 0 Å². The van der Waals surface area contributed by atoms with Gasteiger partial charge in [0.05, 0.1) is 17.5 Å². The van der Waals surface area contributed by atoms with E-state index in [1.807, 2.05) is 43.5 Å². The van der Waals surface area contributed by atoms with Crippen molar-refractivity contribution in [3.05, 3.63) is 215 Å². The fourth-order valence-electron chi connectivity index (χ4n) is 9.58. The van der Waals surface area contributed by atoms with E-state index >= 15 is 0 Å². The maximum absolute atomic E-state index is 6.25. The standard InChI is InChI=1S/C36H27N4O.C25H26N2.Ir/c1-21-16-27(25-9-11-26(12-10-25)33-20-37-14-15-38-33)17-22(2)34(21)31-18-32(39-19-23(31)3)30-7-5-6-28-29-13-8-24(4)40-36(29)41-35(28)30;1-17(2)20-13-10-14-21(18(3)4)24(20)27-23-16-9-8-15-22(23)26-25(27)19-11-6-5-7-12-19;/h5-6,8-20H,1-4H3;5-11,13-18,25H,1-4H3;/q-1;-2;+3. The number of rotatable bonds is 8. The monoisotopic (exact) mass is 1080 g/mol. The second-order valence-corrected chi connectivity index (χ2v) is 18.3. The number of hydrogen-bond donors (Lipinski definition) is 0. The zero-order valence-corrected chi connectivity index (χ0v) is 42.6. The van der Waals surface area contributed by atoms with E-state index in [4.69, 9.17) is 14.7 Å². The molecule has 5 heterocycles. The van der Waals surface area contributed by atoms with Crippen LogP contribution in [0.5, 0.6) is 0 Å². The van der Waals surface area contributed by atoms with Crippen LogP contribution in [0.1, 0.15) is 84.8 Å². The summed E-state index contributed by atoms with van der Waals surface area (Å²) in [6, 6.07) is 53.4. The Bertz CT molecular complexity index is 3390. The van der Waals surface area contributed by atoms with Crippen LogP contribution in [0.4, 0.5) is 17.1 Å². The van der Waals surface area contributed by atoms with E-state index in [0.29, 0.717) is 17.5 Å². The quantitative estimate of drug-likeness (QED) is 0.141. The van der Waals surface area contributed by atoms with Crippen LogP contribution in [-0.4, -0.2) is 19.9 Å². The zero-order valence-electron chi connectivity index (χ0n) is 40.2. The molecular weight excluding hydrogens is 1020 g/mol. The number of benzene rings is 6.